The van der Waals surface area contributed by atoms with Crippen molar-refractivity contribution >= 4 is 23.3 Å². The first-order valence-corrected chi connectivity index (χ1v) is 8.72. The van der Waals surface area contributed by atoms with Gasteiger partial charge in [0.15, 0.2) is 5.78 Å². The number of allylic oxidation sites excluding steroid dienone is 2. The van der Waals surface area contributed by atoms with Gasteiger partial charge in [0.1, 0.15) is 0 Å². The molecule has 5 nitrogen and oxygen atoms in total. The molecule has 1 spiro atoms. The van der Waals surface area contributed by atoms with E-state index in [-0.39, 0.29) is 35.9 Å². The van der Waals surface area contributed by atoms with Crippen molar-refractivity contribution < 1.29 is 19.1 Å². The van der Waals surface area contributed by atoms with Gasteiger partial charge in [-0.3, -0.25) is 14.4 Å². The summed E-state index contributed by atoms with van der Waals surface area (Å²) in [5.74, 6) is -0.743. The van der Waals surface area contributed by atoms with E-state index in [9.17, 15) is 14.4 Å². The molecule has 2 aliphatic carbocycles. The number of nitrogens with zero attached hydrogens (tertiary/aromatic N) is 1. The van der Waals surface area contributed by atoms with E-state index in [0.29, 0.717) is 19.4 Å². The zero-order valence-electron chi connectivity index (χ0n) is 14.2. The lowest BCUT2D eigenvalue weighted by atomic mass is 9.65. The summed E-state index contributed by atoms with van der Waals surface area (Å²) in [5, 5.41) is 0. The van der Waals surface area contributed by atoms with Crippen LogP contribution in [0.1, 0.15) is 19.3 Å². The molecule has 0 radical (unpaired) electrons. The number of amides is 1. The molecule has 1 aliphatic heterocycles. The van der Waals surface area contributed by atoms with E-state index < -0.39 is 11.3 Å². The Balaban J connectivity index is 1.71. The van der Waals surface area contributed by atoms with Gasteiger partial charge in [-0.15, -0.1) is 0 Å². The van der Waals surface area contributed by atoms with Crippen molar-refractivity contribution in [1.29, 1.82) is 0 Å². The number of anilines is 1. The molecule has 0 aromatic heterocycles. The molecule has 1 saturated heterocycles. The third-order valence-electron chi connectivity index (χ3n) is 6.16. The number of ether oxygens (including phenoxy) is 1. The molecule has 1 saturated carbocycles. The summed E-state index contributed by atoms with van der Waals surface area (Å²) in [7, 11) is 1.36. The molecule has 130 valence electrons. The van der Waals surface area contributed by atoms with Crippen LogP contribution in [0.25, 0.3) is 0 Å². The summed E-state index contributed by atoms with van der Waals surface area (Å²) in [6.07, 6.45) is 4.91. The Labute approximate surface area is 146 Å². The highest BCUT2D eigenvalue weighted by atomic mass is 16.5. The third-order valence-corrected chi connectivity index (χ3v) is 6.16. The molecule has 0 unspecified atom stereocenters. The Morgan fingerprint density at radius 3 is 2.76 bits per heavy atom. The monoisotopic (exact) mass is 339 g/mol. The molecule has 25 heavy (non-hydrogen) atoms. The lowest BCUT2D eigenvalue weighted by Gasteiger charge is -2.35. The maximum atomic E-state index is 13.4. The van der Waals surface area contributed by atoms with Gasteiger partial charge in [0.05, 0.1) is 12.5 Å². The number of para-hydroxylation sites is 1. The number of methoxy groups -OCH3 is 1. The van der Waals surface area contributed by atoms with Crippen LogP contribution < -0.4 is 4.90 Å². The van der Waals surface area contributed by atoms with Crippen LogP contribution in [0, 0.1) is 23.2 Å². The molecule has 4 atom stereocenters. The van der Waals surface area contributed by atoms with Crippen LogP contribution >= 0.6 is 0 Å². The van der Waals surface area contributed by atoms with Gasteiger partial charge in [-0.05, 0) is 42.9 Å². The average Bonchev–Trinajstić information content (AvgIpc) is 3.07. The highest BCUT2D eigenvalue weighted by Gasteiger charge is 2.66. The van der Waals surface area contributed by atoms with Gasteiger partial charge in [0.2, 0.25) is 5.91 Å². The second-order valence-electron chi connectivity index (χ2n) is 7.25. The molecule has 1 amide bonds. The van der Waals surface area contributed by atoms with Crippen molar-refractivity contribution in [2.24, 2.45) is 23.2 Å². The van der Waals surface area contributed by atoms with Gasteiger partial charge in [0.25, 0.3) is 0 Å². The molecule has 0 bridgehead atoms. The number of carbonyl (C=O) groups is 3. The summed E-state index contributed by atoms with van der Waals surface area (Å²) in [6, 6.07) is 9.61. The van der Waals surface area contributed by atoms with Crippen LogP contribution in [0.3, 0.4) is 0 Å². The number of esters is 1. The van der Waals surface area contributed by atoms with E-state index in [1.807, 2.05) is 41.3 Å². The van der Waals surface area contributed by atoms with Crippen LogP contribution in [0.4, 0.5) is 5.69 Å². The molecule has 4 rings (SSSR count). The number of rotatable bonds is 3. The lowest BCUT2D eigenvalue weighted by Crippen LogP contribution is -2.45. The summed E-state index contributed by atoms with van der Waals surface area (Å²) in [5.41, 5.74) is 0.182. The molecule has 1 aromatic carbocycles. The van der Waals surface area contributed by atoms with Crippen molar-refractivity contribution in [3.05, 3.63) is 42.5 Å². The molecule has 2 fully saturated rings. The van der Waals surface area contributed by atoms with Crippen LogP contribution in [0.5, 0.6) is 0 Å². The molecule has 1 aromatic rings. The molecular weight excluding hydrogens is 318 g/mol. The van der Waals surface area contributed by atoms with Gasteiger partial charge in [0, 0.05) is 24.6 Å². The Kier molecular flexibility index (Phi) is 3.74. The molecular formula is C20H21NO4. The predicted octanol–water partition coefficient (Wildman–Crippen LogP) is 2.36. The van der Waals surface area contributed by atoms with Gasteiger partial charge in [-0.25, -0.2) is 0 Å². The first-order valence-electron chi connectivity index (χ1n) is 8.72. The van der Waals surface area contributed by atoms with Gasteiger partial charge in [-0.2, -0.15) is 0 Å². The zero-order valence-corrected chi connectivity index (χ0v) is 14.2. The van der Waals surface area contributed by atoms with E-state index in [0.717, 1.165) is 5.69 Å². The number of benzene rings is 1. The normalized spacial score (nSPS) is 33.3. The summed E-state index contributed by atoms with van der Waals surface area (Å²) in [6.45, 7) is 0.609. The maximum absolute atomic E-state index is 13.4. The van der Waals surface area contributed by atoms with Gasteiger partial charge >= 0.3 is 5.97 Å². The SMILES string of the molecule is COC(=O)C[C@H]1C[C@@H]2CN(c3ccccc3)C(=O)[C@@]23CC=CC(=O)[C@@H]13. The van der Waals surface area contributed by atoms with E-state index >= 15 is 0 Å². The van der Waals surface area contributed by atoms with Crippen LogP contribution in [-0.2, 0) is 19.1 Å². The first-order chi connectivity index (χ1) is 12.1. The van der Waals surface area contributed by atoms with E-state index in [2.05, 4.69) is 0 Å². The molecule has 3 aliphatic rings. The first kappa shape index (κ1) is 16.1. The molecule has 1 heterocycles. The van der Waals surface area contributed by atoms with Crippen molar-refractivity contribution in [1.82, 2.24) is 0 Å². The average molecular weight is 339 g/mol. The second kappa shape index (κ2) is 5.83. The fourth-order valence-electron chi connectivity index (χ4n) is 5.16. The van der Waals surface area contributed by atoms with Crippen LogP contribution in [0.15, 0.2) is 42.5 Å². The van der Waals surface area contributed by atoms with Crippen molar-refractivity contribution in [2.45, 2.75) is 19.3 Å². The number of ketones is 1. The number of hydrogen-bond donors (Lipinski definition) is 0. The summed E-state index contributed by atoms with van der Waals surface area (Å²) < 4.78 is 4.80. The minimum atomic E-state index is -0.694. The van der Waals surface area contributed by atoms with Gasteiger partial charge < -0.3 is 9.64 Å². The fraction of sp³-hybridized carbons (Fsp3) is 0.450. The summed E-state index contributed by atoms with van der Waals surface area (Å²) >= 11 is 0. The number of hydrogen-bond acceptors (Lipinski definition) is 4. The van der Waals surface area contributed by atoms with Crippen LogP contribution in [0.2, 0.25) is 0 Å². The van der Waals surface area contributed by atoms with Crippen molar-refractivity contribution in [2.75, 3.05) is 18.6 Å². The smallest absolute Gasteiger partial charge is 0.305 e. The Morgan fingerprint density at radius 2 is 2.04 bits per heavy atom. The molecule has 5 heteroatoms. The minimum absolute atomic E-state index is 0.0223. The Bertz CT molecular complexity index is 756. The maximum Gasteiger partial charge on any atom is 0.305 e. The van der Waals surface area contributed by atoms with E-state index in [1.54, 1.807) is 6.08 Å². The zero-order chi connectivity index (χ0) is 17.6. The van der Waals surface area contributed by atoms with E-state index in [4.69, 9.17) is 4.74 Å². The quantitative estimate of drug-likeness (QED) is 0.793. The fourth-order valence-corrected chi connectivity index (χ4v) is 5.16. The van der Waals surface area contributed by atoms with Crippen LogP contribution in [-0.4, -0.2) is 31.3 Å². The third kappa shape index (κ3) is 2.25. The predicted molar refractivity (Wildman–Crippen MR) is 91.7 cm³/mol. The topological polar surface area (TPSA) is 63.7 Å². The van der Waals surface area contributed by atoms with Gasteiger partial charge in [-0.1, -0.05) is 24.3 Å². The summed E-state index contributed by atoms with van der Waals surface area (Å²) in [4.78, 5) is 39.7. The lowest BCUT2D eigenvalue weighted by molar-refractivity contribution is -0.144. The largest absolute Gasteiger partial charge is 0.469 e. The standard InChI is InChI=1S/C20H21NO4/c1-25-17(23)11-13-10-14-12-21(15-6-3-2-4-7-15)19(24)20(14)9-5-8-16(22)18(13)20/h2-8,13-14,18H,9-12H2,1H3/t13-,14-,18-,20+/m1/s1. The Hall–Kier alpha value is -2.43. The highest BCUT2D eigenvalue weighted by Crippen LogP contribution is 2.60. The van der Waals surface area contributed by atoms with E-state index in [1.165, 1.54) is 7.11 Å². The highest BCUT2D eigenvalue weighted by molar-refractivity contribution is 6.07. The van der Waals surface area contributed by atoms with Crippen molar-refractivity contribution in [3.63, 3.8) is 0 Å². The minimum Gasteiger partial charge on any atom is -0.469 e. The second-order valence-corrected chi connectivity index (χ2v) is 7.25. The van der Waals surface area contributed by atoms with Crippen molar-refractivity contribution in [3.8, 4) is 0 Å². The Morgan fingerprint density at radius 1 is 1.28 bits per heavy atom. The number of carbonyl (C=O) groups excluding carboxylic acids is 3. The molecule has 0 N–H and O–H groups in total.